The standard InChI is InChI=1S/C15H20N2O4/c1-2-20-11-8-5-6-10(16)13(11)15(19)21-12-7-3-4-9-17-14(12)18/h5-6,8,12H,2-4,7,9,16H2,1H3,(H,17,18). The van der Waals surface area contributed by atoms with Crippen molar-refractivity contribution in [1.29, 1.82) is 0 Å². The normalized spacial score (nSPS) is 18.5. The zero-order chi connectivity index (χ0) is 15.2. The Morgan fingerprint density at radius 3 is 3.00 bits per heavy atom. The number of rotatable bonds is 4. The number of hydrogen-bond acceptors (Lipinski definition) is 5. The molecule has 114 valence electrons. The molecule has 1 aliphatic rings. The lowest BCUT2D eigenvalue weighted by atomic mass is 10.1. The Hall–Kier alpha value is -2.24. The lowest BCUT2D eigenvalue weighted by molar-refractivity contribution is -0.129. The Morgan fingerprint density at radius 2 is 2.24 bits per heavy atom. The van der Waals surface area contributed by atoms with Crippen molar-refractivity contribution in [3.05, 3.63) is 23.8 Å². The number of nitrogen functional groups attached to an aromatic ring is 1. The number of carbonyl (C=O) groups excluding carboxylic acids is 2. The molecule has 1 unspecified atom stereocenters. The van der Waals surface area contributed by atoms with Crippen LogP contribution >= 0.6 is 0 Å². The lowest BCUT2D eigenvalue weighted by Gasteiger charge is -2.17. The summed E-state index contributed by atoms with van der Waals surface area (Å²) in [4.78, 5) is 24.2. The maximum Gasteiger partial charge on any atom is 0.344 e. The second kappa shape index (κ2) is 6.97. The van der Waals surface area contributed by atoms with Gasteiger partial charge in [0.2, 0.25) is 0 Å². The van der Waals surface area contributed by atoms with Gasteiger partial charge in [-0.3, -0.25) is 4.79 Å². The summed E-state index contributed by atoms with van der Waals surface area (Å²) in [6.07, 6.45) is 1.47. The molecule has 1 atom stereocenters. The first-order valence-corrected chi connectivity index (χ1v) is 7.13. The number of esters is 1. The number of carbonyl (C=O) groups is 2. The highest BCUT2D eigenvalue weighted by molar-refractivity contribution is 5.99. The van der Waals surface area contributed by atoms with Gasteiger partial charge < -0.3 is 20.5 Å². The smallest absolute Gasteiger partial charge is 0.344 e. The van der Waals surface area contributed by atoms with Crippen LogP contribution in [-0.4, -0.2) is 31.1 Å². The third kappa shape index (κ3) is 3.65. The molecule has 1 heterocycles. The molecule has 21 heavy (non-hydrogen) atoms. The van der Waals surface area contributed by atoms with Gasteiger partial charge in [0.25, 0.3) is 5.91 Å². The van der Waals surface area contributed by atoms with Crippen molar-refractivity contribution in [2.45, 2.75) is 32.3 Å². The van der Waals surface area contributed by atoms with Crippen LogP contribution in [0.5, 0.6) is 5.75 Å². The highest BCUT2D eigenvalue weighted by Crippen LogP contribution is 2.26. The first-order valence-electron chi connectivity index (χ1n) is 7.13. The minimum absolute atomic E-state index is 0.177. The minimum Gasteiger partial charge on any atom is -0.493 e. The zero-order valence-corrected chi connectivity index (χ0v) is 12.1. The molecule has 0 saturated carbocycles. The summed E-state index contributed by atoms with van der Waals surface area (Å²) in [6.45, 7) is 2.84. The van der Waals surface area contributed by atoms with E-state index in [1.54, 1.807) is 18.2 Å². The van der Waals surface area contributed by atoms with Crippen LogP contribution in [0.4, 0.5) is 5.69 Å². The third-order valence-electron chi connectivity index (χ3n) is 3.30. The number of nitrogens with two attached hydrogens (primary N) is 1. The van der Waals surface area contributed by atoms with Gasteiger partial charge in [-0.05, 0) is 38.3 Å². The van der Waals surface area contributed by atoms with Gasteiger partial charge in [-0.1, -0.05) is 6.07 Å². The van der Waals surface area contributed by atoms with E-state index in [1.165, 1.54) is 0 Å². The van der Waals surface area contributed by atoms with Gasteiger partial charge in [0.05, 0.1) is 6.61 Å². The van der Waals surface area contributed by atoms with Crippen molar-refractivity contribution >= 4 is 17.6 Å². The summed E-state index contributed by atoms with van der Waals surface area (Å²) >= 11 is 0. The van der Waals surface area contributed by atoms with Crippen LogP contribution in [0.2, 0.25) is 0 Å². The largest absolute Gasteiger partial charge is 0.493 e. The van der Waals surface area contributed by atoms with Crippen LogP contribution in [0.25, 0.3) is 0 Å². The SMILES string of the molecule is CCOc1cccc(N)c1C(=O)OC1CCCCNC1=O. The summed E-state index contributed by atoms with van der Waals surface area (Å²) < 4.78 is 10.7. The summed E-state index contributed by atoms with van der Waals surface area (Å²) in [7, 11) is 0. The molecular weight excluding hydrogens is 272 g/mol. The number of amides is 1. The van der Waals surface area contributed by atoms with Crippen LogP contribution in [0.3, 0.4) is 0 Å². The molecule has 3 N–H and O–H groups in total. The Morgan fingerprint density at radius 1 is 1.43 bits per heavy atom. The second-order valence-electron chi connectivity index (χ2n) is 4.83. The molecule has 0 aromatic heterocycles. The maximum absolute atomic E-state index is 12.3. The average Bonchev–Trinajstić information content (AvgIpc) is 2.64. The van der Waals surface area contributed by atoms with Gasteiger partial charge in [0, 0.05) is 12.2 Å². The van der Waals surface area contributed by atoms with Crippen LogP contribution in [0, 0.1) is 0 Å². The van der Waals surface area contributed by atoms with Gasteiger partial charge in [-0.25, -0.2) is 4.79 Å². The van der Waals surface area contributed by atoms with E-state index in [4.69, 9.17) is 15.2 Å². The van der Waals surface area contributed by atoms with E-state index in [9.17, 15) is 9.59 Å². The number of anilines is 1. The van der Waals surface area contributed by atoms with Crippen LogP contribution in [-0.2, 0) is 9.53 Å². The third-order valence-corrected chi connectivity index (χ3v) is 3.30. The highest BCUT2D eigenvalue weighted by Gasteiger charge is 2.27. The van der Waals surface area contributed by atoms with E-state index in [-0.39, 0.29) is 17.2 Å². The number of ether oxygens (including phenoxy) is 2. The van der Waals surface area contributed by atoms with Gasteiger partial charge in [-0.15, -0.1) is 0 Å². The Labute approximate surface area is 123 Å². The molecule has 1 aromatic carbocycles. The molecule has 6 nitrogen and oxygen atoms in total. The van der Waals surface area contributed by atoms with Crippen molar-refractivity contribution in [2.24, 2.45) is 0 Å². The highest BCUT2D eigenvalue weighted by atomic mass is 16.6. The first kappa shape index (κ1) is 15.2. The molecule has 0 aliphatic carbocycles. The van der Waals surface area contributed by atoms with Gasteiger partial charge >= 0.3 is 5.97 Å². The number of nitrogens with one attached hydrogen (secondary N) is 1. The van der Waals surface area contributed by atoms with Gasteiger partial charge in [-0.2, -0.15) is 0 Å². The molecule has 0 radical (unpaired) electrons. The molecule has 1 fully saturated rings. The minimum atomic E-state index is -0.769. The molecule has 2 rings (SSSR count). The monoisotopic (exact) mass is 292 g/mol. The second-order valence-corrected chi connectivity index (χ2v) is 4.83. The topological polar surface area (TPSA) is 90.7 Å². The fraction of sp³-hybridized carbons (Fsp3) is 0.467. The lowest BCUT2D eigenvalue weighted by Crippen LogP contribution is -2.36. The predicted octanol–water partition coefficient (Wildman–Crippen LogP) is 1.49. The Kier molecular flexibility index (Phi) is 5.03. The fourth-order valence-electron chi connectivity index (χ4n) is 2.25. The van der Waals surface area contributed by atoms with E-state index in [0.717, 1.165) is 12.8 Å². The van der Waals surface area contributed by atoms with Crippen LogP contribution < -0.4 is 15.8 Å². The Balaban J connectivity index is 2.17. The first-order chi connectivity index (χ1) is 10.1. The van der Waals surface area contributed by atoms with Crippen LogP contribution in [0.1, 0.15) is 36.5 Å². The van der Waals surface area contributed by atoms with Gasteiger partial charge in [0.15, 0.2) is 6.10 Å². The van der Waals surface area contributed by atoms with E-state index < -0.39 is 12.1 Å². The molecule has 6 heteroatoms. The van der Waals surface area contributed by atoms with Crippen molar-refractivity contribution in [2.75, 3.05) is 18.9 Å². The molecule has 0 bridgehead atoms. The Bertz CT molecular complexity index is 530. The maximum atomic E-state index is 12.3. The summed E-state index contributed by atoms with van der Waals surface area (Å²) in [5.74, 6) is -0.511. The van der Waals surface area contributed by atoms with Crippen molar-refractivity contribution in [1.82, 2.24) is 5.32 Å². The van der Waals surface area contributed by atoms with Crippen molar-refractivity contribution in [3.8, 4) is 5.75 Å². The quantitative estimate of drug-likeness (QED) is 0.648. The van der Waals surface area contributed by atoms with Crippen LogP contribution in [0.15, 0.2) is 18.2 Å². The number of benzene rings is 1. The van der Waals surface area contributed by atoms with E-state index in [1.807, 2.05) is 6.92 Å². The summed E-state index contributed by atoms with van der Waals surface area (Å²) in [6, 6.07) is 4.96. The van der Waals surface area contributed by atoms with E-state index >= 15 is 0 Å². The zero-order valence-electron chi connectivity index (χ0n) is 12.1. The van der Waals surface area contributed by atoms with Gasteiger partial charge in [0.1, 0.15) is 11.3 Å². The molecule has 1 aromatic rings. The average molecular weight is 292 g/mol. The van der Waals surface area contributed by atoms with Crippen molar-refractivity contribution in [3.63, 3.8) is 0 Å². The number of hydrogen-bond donors (Lipinski definition) is 2. The molecule has 0 spiro atoms. The van der Waals surface area contributed by atoms with Crippen molar-refractivity contribution < 1.29 is 19.1 Å². The fourth-order valence-corrected chi connectivity index (χ4v) is 2.25. The summed E-state index contributed by atoms with van der Waals surface area (Å²) in [5, 5.41) is 2.73. The molecule has 1 saturated heterocycles. The summed E-state index contributed by atoms with van der Waals surface area (Å²) in [5.41, 5.74) is 6.30. The molecule has 1 aliphatic heterocycles. The molecular formula is C15H20N2O4. The predicted molar refractivity (Wildman–Crippen MR) is 78.1 cm³/mol. The van der Waals surface area contributed by atoms with E-state index in [0.29, 0.717) is 25.3 Å². The molecule has 1 amide bonds. The van der Waals surface area contributed by atoms with E-state index in [2.05, 4.69) is 5.32 Å².